The third kappa shape index (κ3) is 15.0. The van der Waals surface area contributed by atoms with Crippen LogP contribution in [0.5, 0.6) is 0 Å². The van der Waals surface area contributed by atoms with Crippen LogP contribution in [0.3, 0.4) is 0 Å². The van der Waals surface area contributed by atoms with E-state index in [0.717, 1.165) is 64.7 Å². The molecule has 2 amide bonds. The molecule has 0 atom stereocenters. The van der Waals surface area contributed by atoms with E-state index in [1.54, 1.807) is 0 Å². The fourth-order valence-corrected chi connectivity index (χ4v) is 6.14. The molecular formula is C38H58N2O2. The van der Waals surface area contributed by atoms with Gasteiger partial charge in [0.1, 0.15) is 0 Å². The van der Waals surface area contributed by atoms with Crippen LogP contribution in [-0.2, 0) is 22.7 Å². The summed E-state index contributed by atoms with van der Waals surface area (Å²) in [5, 5.41) is 0. The average molecular weight is 575 g/mol. The molecule has 0 N–H and O–H groups in total. The van der Waals surface area contributed by atoms with E-state index in [1.807, 2.05) is 12.1 Å². The van der Waals surface area contributed by atoms with Gasteiger partial charge < -0.3 is 9.80 Å². The molecule has 0 bridgehead atoms. The van der Waals surface area contributed by atoms with E-state index in [4.69, 9.17) is 0 Å². The van der Waals surface area contributed by atoms with Crippen LogP contribution in [0.15, 0.2) is 60.7 Å². The molecule has 0 spiro atoms. The Bertz CT molecular complexity index is 882. The van der Waals surface area contributed by atoms with Crippen molar-refractivity contribution >= 4 is 11.8 Å². The first-order valence-electron chi connectivity index (χ1n) is 17.4. The molecule has 2 aromatic carbocycles. The van der Waals surface area contributed by atoms with Gasteiger partial charge in [-0.2, -0.15) is 0 Å². The second-order valence-electron chi connectivity index (χ2n) is 12.5. The Labute approximate surface area is 257 Å². The van der Waals surface area contributed by atoms with Crippen LogP contribution in [0, 0.1) is 0 Å². The SMILES string of the molecule is O=C1CCCCCCCCCCCN(Cc2ccccc2)C(=O)CCCCCCCCCCCN1Cc1ccccc1. The van der Waals surface area contributed by atoms with Gasteiger partial charge in [0, 0.05) is 39.0 Å². The number of carbonyl (C=O) groups is 2. The molecule has 232 valence electrons. The van der Waals surface area contributed by atoms with Crippen molar-refractivity contribution in [3.63, 3.8) is 0 Å². The lowest BCUT2D eigenvalue weighted by Gasteiger charge is -2.23. The predicted molar refractivity (Wildman–Crippen MR) is 176 cm³/mol. The van der Waals surface area contributed by atoms with Crippen molar-refractivity contribution in [2.24, 2.45) is 0 Å². The summed E-state index contributed by atoms with van der Waals surface area (Å²) in [5.41, 5.74) is 2.47. The molecule has 42 heavy (non-hydrogen) atoms. The van der Waals surface area contributed by atoms with Gasteiger partial charge in [-0.3, -0.25) is 9.59 Å². The molecule has 1 aliphatic rings. The van der Waals surface area contributed by atoms with Crippen LogP contribution in [-0.4, -0.2) is 34.7 Å². The standard InChI is InChI=1S/C38H58N2O2/c41-37-29-21-11-7-3-1-5-9-13-23-31-39(33-35-25-17-15-18-26-35)38(42)30-22-12-8-4-2-6-10-14-24-32-40(37)34-36-27-19-16-20-28-36/h15-20,25-28H,1-14,21-24,29-34H2. The van der Waals surface area contributed by atoms with Crippen molar-refractivity contribution < 1.29 is 9.59 Å². The van der Waals surface area contributed by atoms with Gasteiger partial charge >= 0.3 is 0 Å². The van der Waals surface area contributed by atoms with E-state index in [-0.39, 0.29) is 0 Å². The van der Waals surface area contributed by atoms with E-state index < -0.39 is 0 Å². The first kappa shape index (κ1) is 33.9. The number of hydrogen-bond donors (Lipinski definition) is 0. The maximum Gasteiger partial charge on any atom is 0.222 e. The van der Waals surface area contributed by atoms with E-state index in [1.165, 1.54) is 88.2 Å². The first-order valence-corrected chi connectivity index (χ1v) is 17.4. The molecule has 4 nitrogen and oxygen atoms in total. The van der Waals surface area contributed by atoms with Crippen molar-refractivity contribution in [3.05, 3.63) is 71.8 Å². The first-order chi connectivity index (χ1) is 20.7. The predicted octanol–water partition coefficient (Wildman–Crippen LogP) is 9.86. The number of rotatable bonds is 4. The largest absolute Gasteiger partial charge is 0.338 e. The van der Waals surface area contributed by atoms with E-state index >= 15 is 0 Å². The Kier molecular flexibility index (Phi) is 17.7. The molecule has 0 aliphatic carbocycles. The van der Waals surface area contributed by atoms with Crippen LogP contribution in [0.1, 0.15) is 140 Å². The zero-order valence-corrected chi connectivity index (χ0v) is 26.5. The maximum atomic E-state index is 13.1. The summed E-state index contributed by atoms with van der Waals surface area (Å²) in [6, 6.07) is 20.9. The third-order valence-corrected chi connectivity index (χ3v) is 8.78. The Morgan fingerprint density at radius 2 is 0.667 bits per heavy atom. The maximum absolute atomic E-state index is 13.1. The number of hydrogen-bond acceptors (Lipinski definition) is 2. The lowest BCUT2D eigenvalue weighted by Crippen LogP contribution is -2.31. The summed E-state index contributed by atoms with van der Waals surface area (Å²) in [6.45, 7) is 3.24. The summed E-state index contributed by atoms with van der Waals surface area (Å²) < 4.78 is 0. The molecule has 0 saturated carbocycles. The van der Waals surface area contributed by atoms with Gasteiger partial charge in [-0.1, -0.05) is 151 Å². The topological polar surface area (TPSA) is 40.6 Å². The van der Waals surface area contributed by atoms with E-state index in [2.05, 4.69) is 58.3 Å². The van der Waals surface area contributed by atoms with Gasteiger partial charge in [0.25, 0.3) is 0 Å². The summed E-state index contributed by atoms with van der Waals surface area (Å²) in [4.78, 5) is 30.5. The molecule has 1 heterocycles. The van der Waals surface area contributed by atoms with Crippen LogP contribution >= 0.6 is 0 Å². The molecule has 4 heteroatoms. The minimum Gasteiger partial charge on any atom is -0.338 e. The minimum atomic E-state index is 0.333. The average Bonchev–Trinajstić information content (AvgIpc) is 3.01. The van der Waals surface area contributed by atoms with Gasteiger partial charge in [0.05, 0.1) is 0 Å². The zero-order chi connectivity index (χ0) is 29.5. The van der Waals surface area contributed by atoms with E-state index in [9.17, 15) is 9.59 Å². The second-order valence-corrected chi connectivity index (χ2v) is 12.5. The van der Waals surface area contributed by atoms with Crippen molar-refractivity contribution in [1.82, 2.24) is 9.80 Å². The minimum absolute atomic E-state index is 0.333. The molecule has 1 aliphatic heterocycles. The van der Waals surface area contributed by atoms with Gasteiger partial charge in [0.15, 0.2) is 0 Å². The number of amides is 2. The molecular weight excluding hydrogens is 516 g/mol. The summed E-state index contributed by atoms with van der Waals surface area (Å²) in [6.07, 6.45) is 22.9. The van der Waals surface area contributed by atoms with Crippen LogP contribution in [0.2, 0.25) is 0 Å². The summed E-state index contributed by atoms with van der Waals surface area (Å²) >= 11 is 0. The number of benzene rings is 2. The van der Waals surface area contributed by atoms with Crippen molar-refractivity contribution in [2.45, 2.75) is 142 Å². The van der Waals surface area contributed by atoms with Gasteiger partial charge in [0.2, 0.25) is 11.8 Å². The van der Waals surface area contributed by atoms with Crippen LogP contribution in [0.25, 0.3) is 0 Å². The smallest absolute Gasteiger partial charge is 0.222 e. The van der Waals surface area contributed by atoms with Gasteiger partial charge in [-0.15, -0.1) is 0 Å². The highest BCUT2D eigenvalue weighted by molar-refractivity contribution is 5.76. The molecule has 0 radical (unpaired) electrons. The molecule has 3 rings (SSSR count). The van der Waals surface area contributed by atoms with Gasteiger partial charge in [-0.05, 0) is 36.8 Å². The molecule has 1 saturated heterocycles. The van der Waals surface area contributed by atoms with E-state index in [0.29, 0.717) is 24.7 Å². The highest BCUT2D eigenvalue weighted by Crippen LogP contribution is 2.17. The zero-order valence-electron chi connectivity index (χ0n) is 26.5. The Balaban J connectivity index is 1.44. The Morgan fingerprint density at radius 1 is 0.381 bits per heavy atom. The fraction of sp³-hybridized carbons (Fsp3) is 0.632. The number of nitrogens with zero attached hydrogens (tertiary/aromatic N) is 2. The van der Waals surface area contributed by atoms with Crippen LogP contribution < -0.4 is 0 Å². The normalized spacial score (nSPS) is 19.4. The summed E-state index contributed by atoms with van der Waals surface area (Å²) in [7, 11) is 0. The lowest BCUT2D eigenvalue weighted by atomic mass is 10.0. The quantitative estimate of drug-likeness (QED) is 0.365. The third-order valence-electron chi connectivity index (χ3n) is 8.78. The van der Waals surface area contributed by atoms with Crippen molar-refractivity contribution in [1.29, 1.82) is 0 Å². The van der Waals surface area contributed by atoms with Crippen LogP contribution in [0.4, 0.5) is 0 Å². The summed E-state index contributed by atoms with van der Waals surface area (Å²) in [5.74, 6) is 0.667. The van der Waals surface area contributed by atoms with Gasteiger partial charge in [-0.25, -0.2) is 0 Å². The lowest BCUT2D eigenvalue weighted by molar-refractivity contribution is -0.132. The molecule has 1 fully saturated rings. The fourth-order valence-electron chi connectivity index (χ4n) is 6.14. The Morgan fingerprint density at radius 3 is 1.00 bits per heavy atom. The molecule has 0 aromatic heterocycles. The molecule has 2 aromatic rings. The molecule has 0 unspecified atom stereocenters. The highest BCUT2D eigenvalue weighted by Gasteiger charge is 2.15. The Hall–Kier alpha value is -2.62. The van der Waals surface area contributed by atoms with Crippen molar-refractivity contribution in [2.75, 3.05) is 13.1 Å². The number of carbonyl (C=O) groups excluding carboxylic acids is 2. The monoisotopic (exact) mass is 574 g/mol. The van der Waals surface area contributed by atoms with Crippen molar-refractivity contribution in [3.8, 4) is 0 Å². The highest BCUT2D eigenvalue weighted by atomic mass is 16.2. The second kappa shape index (κ2) is 22.0.